The van der Waals surface area contributed by atoms with Gasteiger partial charge in [0.25, 0.3) is 10.1 Å². The summed E-state index contributed by atoms with van der Waals surface area (Å²) in [5.41, 5.74) is 0.498. The molecule has 1 aromatic rings. The Labute approximate surface area is 83.8 Å². The van der Waals surface area contributed by atoms with Crippen LogP contribution < -0.4 is 0 Å². The van der Waals surface area contributed by atoms with E-state index in [4.69, 9.17) is 4.55 Å². The highest BCUT2D eigenvalue weighted by Crippen LogP contribution is 2.29. The lowest BCUT2D eigenvalue weighted by Gasteiger charge is -2.22. The highest BCUT2D eigenvalue weighted by Gasteiger charge is 2.36. The van der Waals surface area contributed by atoms with Gasteiger partial charge >= 0.3 is 0 Å². The van der Waals surface area contributed by atoms with Gasteiger partial charge in [0.05, 0.1) is 0 Å². The molecule has 14 heavy (non-hydrogen) atoms. The van der Waals surface area contributed by atoms with Crippen LogP contribution in [-0.4, -0.2) is 13.0 Å². The summed E-state index contributed by atoms with van der Waals surface area (Å²) in [6, 6.07) is 8.46. The highest BCUT2D eigenvalue weighted by molar-refractivity contribution is 7.87. The minimum absolute atomic E-state index is 0.498. The van der Waals surface area contributed by atoms with Gasteiger partial charge in [-0.05, 0) is 12.5 Å². The third-order valence-electron chi connectivity index (χ3n) is 2.27. The number of benzene rings is 1. The molecule has 4 heteroatoms. The lowest BCUT2D eigenvalue weighted by atomic mass is 10.0. The van der Waals surface area contributed by atoms with Crippen molar-refractivity contribution in [2.75, 3.05) is 0 Å². The molecule has 0 aliphatic carbocycles. The molecule has 0 aliphatic rings. The fourth-order valence-electron chi connectivity index (χ4n) is 1.14. The molecule has 0 spiro atoms. The molecule has 1 N–H and O–H groups in total. The second kappa shape index (κ2) is 3.55. The van der Waals surface area contributed by atoms with Gasteiger partial charge in [0.1, 0.15) is 4.75 Å². The van der Waals surface area contributed by atoms with Crippen LogP contribution in [-0.2, 0) is 14.9 Å². The molecule has 1 unspecified atom stereocenters. The number of hydrogen-bond acceptors (Lipinski definition) is 2. The van der Waals surface area contributed by atoms with Crippen molar-refractivity contribution >= 4 is 10.1 Å². The summed E-state index contributed by atoms with van der Waals surface area (Å²) in [6.45, 7) is 4.84. The molecule has 1 atom stereocenters. The van der Waals surface area contributed by atoms with Gasteiger partial charge in [0.2, 0.25) is 0 Å². The van der Waals surface area contributed by atoms with E-state index in [9.17, 15) is 8.42 Å². The van der Waals surface area contributed by atoms with Crippen molar-refractivity contribution in [2.24, 2.45) is 0 Å². The van der Waals surface area contributed by atoms with E-state index in [0.717, 1.165) is 0 Å². The van der Waals surface area contributed by atoms with E-state index in [1.54, 1.807) is 30.3 Å². The first kappa shape index (κ1) is 10.9. The Morgan fingerprint density at radius 3 is 2.21 bits per heavy atom. The predicted octanol–water partition coefficient (Wildman–Crippen LogP) is 1.98. The molecule has 1 rings (SSSR count). The second-order valence-electron chi connectivity index (χ2n) is 3.15. The summed E-state index contributed by atoms with van der Waals surface area (Å²) in [5, 5.41) is 0. The maximum atomic E-state index is 11.2. The second-order valence-corrected chi connectivity index (χ2v) is 4.95. The van der Waals surface area contributed by atoms with Crippen LogP contribution in [0.25, 0.3) is 0 Å². The fraction of sp³-hybridized carbons (Fsp3) is 0.200. The zero-order chi connectivity index (χ0) is 10.8. The van der Waals surface area contributed by atoms with Gasteiger partial charge in [0, 0.05) is 0 Å². The first-order chi connectivity index (χ1) is 6.42. The molecule has 0 heterocycles. The SMILES string of the molecule is C=CC(C)(c1ccccc1)S(=O)(=O)O. The van der Waals surface area contributed by atoms with E-state index in [0.29, 0.717) is 5.56 Å². The fourth-order valence-corrected chi connectivity index (χ4v) is 1.79. The van der Waals surface area contributed by atoms with Crippen molar-refractivity contribution in [3.05, 3.63) is 48.6 Å². The van der Waals surface area contributed by atoms with E-state index >= 15 is 0 Å². The molecule has 0 radical (unpaired) electrons. The van der Waals surface area contributed by atoms with Crippen LogP contribution in [0.2, 0.25) is 0 Å². The van der Waals surface area contributed by atoms with E-state index in [1.165, 1.54) is 13.0 Å². The Balaban J connectivity index is 3.37. The molecule has 0 bridgehead atoms. The van der Waals surface area contributed by atoms with Gasteiger partial charge in [-0.2, -0.15) is 8.42 Å². The summed E-state index contributed by atoms with van der Waals surface area (Å²) in [5.74, 6) is 0. The zero-order valence-electron chi connectivity index (χ0n) is 7.84. The van der Waals surface area contributed by atoms with Crippen LogP contribution in [0, 0.1) is 0 Å². The van der Waals surface area contributed by atoms with Crippen LogP contribution >= 0.6 is 0 Å². The van der Waals surface area contributed by atoms with Crippen LogP contribution in [0.3, 0.4) is 0 Å². The molecular weight excluding hydrogens is 200 g/mol. The standard InChI is InChI=1S/C10H12O3S/c1-3-10(2,14(11,12)13)9-7-5-4-6-8-9/h3-8H,1H2,2H3,(H,11,12,13). The van der Waals surface area contributed by atoms with E-state index in [2.05, 4.69) is 6.58 Å². The normalized spacial score (nSPS) is 15.9. The molecule has 1 aromatic carbocycles. The van der Waals surface area contributed by atoms with Crippen LogP contribution in [0.15, 0.2) is 43.0 Å². The quantitative estimate of drug-likeness (QED) is 0.615. The van der Waals surface area contributed by atoms with Crippen molar-refractivity contribution in [2.45, 2.75) is 11.7 Å². The Kier molecular flexibility index (Phi) is 2.78. The zero-order valence-corrected chi connectivity index (χ0v) is 8.66. The molecule has 0 saturated carbocycles. The topological polar surface area (TPSA) is 54.4 Å². The predicted molar refractivity (Wildman–Crippen MR) is 55.5 cm³/mol. The first-order valence-corrected chi connectivity index (χ1v) is 5.52. The molecule has 0 aromatic heterocycles. The number of hydrogen-bond donors (Lipinski definition) is 1. The van der Waals surface area contributed by atoms with Crippen molar-refractivity contribution in [3.63, 3.8) is 0 Å². The van der Waals surface area contributed by atoms with Gasteiger partial charge in [-0.3, -0.25) is 4.55 Å². The summed E-state index contributed by atoms with van der Waals surface area (Å²) < 4.78 is 30.0. The molecular formula is C10H12O3S. The Bertz CT molecular complexity index is 422. The maximum absolute atomic E-state index is 11.2. The van der Waals surface area contributed by atoms with Gasteiger partial charge in [-0.1, -0.05) is 36.4 Å². The Hall–Kier alpha value is -1.13. The summed E-state index contributed by atoms with van der Waals surface area (Å²) in [6.07, 6.45) is 1.22. The van der Waals surface area contributed by atoms with Gasteiger partial charge in [-0.15, -0.1) is 6.58 Å². The van der Waals surface area contributed by atoms with Gasteiger partial charge in [-0.25, -0.2) is 0 Å². The van der Waals surface area contributed by atoms with E-state index < -0.39 is 14.9 Å². The van der Waals surface area contributed by atoms with E-state index in [-0.39, 0.29) is 0 Å². The average molecular weight is 212 g/mol. The number of rotatable bonds is 3. The van der Waals surface area contributed by atoms with Crippen molar-refractivity contribution in [3.8, 4) is 0 Å². The molecule has 0 aliphatic heterocycles. The van der Waals surface area contributed by atoms with Crippen LogP contribution in [0.1, 0.15) is 12.5 Å². The average Bonchev–Trinajstić information content (AvgIpc) is 2.16. The minimum atomic E-state index is -4.19. The van der Waals surface area contributed by atoms with Gasteiger partial charge in [0.15, 0.2) is 0 Å². The summed E-state index contributed by atoms with van der Waals surface area (Å²) >= 11 is 0. The molecule has 3 nitrogen and oxygen atoms in total. The maximum Gasteiger partial charge on any atom is 0.278 e. The van der Waals surface area contributed by atoms with Crippen molar-refractivity contribution in [1.29, 1.82) is 0 Å². The van der Waals surface area contributed by atoms with Crippen molar-refractivity contribution < 1.29 is 13.0 Å². The molecule has 0 amide bonds. The Morgan fingerprint density at radius 2 is 1.86 bits per heavy atom. The first-order valence-electron chi connectivity index (χ1n) is 4.08. The van der Waals surface area contributed by atoms with Crippen molar-refractivity contribution in [1.82, 2.24) is 0 Å². The van der Waals surface area contributed by atoms with Gasteiger partial charge < -0.3 is 0 Å². The van der Waals surface area contributed by atoms with Crippen LogP contribution in [0.4, 0.5) is 0 Å². The lowest BCUT2D eigenvalue weighted by molar-refractivity contribution is 0.456. The third-order valence-corrected chi connectivity index (χ3v) is 3.75. The molecule has 0 fully saturated rings. The molecule has 0 saturated heterocycles. The molecule has 76 valence electrons. The van der Waals surface area contributed by atoms with E-state index in [1.807, 2.05) is 0 Å². The highest BCUT2D eigenvalue weighted by atomic mass is 32.2. The Morgan fingerprint density at radius 1 is 1.36 bits per heavy atom. The largest absolute Gasteiger partial charge is 0.285 e. The minimum Gasteiger partial charge on any atom is -0.285 e. The lowest BCUT2D eigenvalue weighted by Crippen LogP contribution is -2.29. The third kappa shape index (κ3) is 1.71. The summed E-state index contributed by atoms with van der Waals surface area (Å²) in [7, 11) is -4.19. The monoisotopic (exact) mass is 212 g/mol. The smallest absolute Gasteiger partial charge is 0.278 e. The van der Waals surface area contributed by atoms with Crippen LogP contribution in [0.5, 0.6) is 0 Å². The summed E-state index contributed by atoms with van der Waals surface area (Å²) in [4.78, 5) is 0.